The third-order valence-electron chi connectivity index (χ3n) is 3.52. The molecule has 0 atom stereocenters. The van der Waals surface area contributed by atoms with Crippen LogP contribution in [-0.2, 0) is 16.0 Å². The van der Waals surface area contributed by atoms with Crippen LogP contribution < -0.4 is 20.7 Å². The Morgan fingerprint density at radius 3 is 2.04 bits per heavy atom. The van der Waals surface area contributed by atoms with E-state index >= 15 is 0 Å². The Morgan fingerprint density at radius 2 is 1.50 bits per heavy atom. The molecule has 0 radical (unpaired) electrons. The summed E-state index contributed by atoms with van der Waals surface area (Å²) in [6.45, 7) is 1.79. The molecule has 7 heteroatoms. The Bertz CT molecular complexity index is 774. The van der Waals surface area contributed by atoms with Gasteiger partial charge in [0, 0.05) is 17.8 Å². The summed E-state index contributed by atoms with van der Waals surface area (Å²) in [4.78, 5) is 23.4. The number of hydrogen-bond donors (Lipinski definition) is 3. The molecule has 0 heterocycles. The average molecular weight is 371 g/mol. The van der Waals surface area contributed by atoms with E-state index in [1.165, 1.54) is 0 Å². The van der Waals surface area contributed by atoms with Crippen LogP contribution in [0.1, 0.15) is 18.9 Å². The van der Waals surface area contributed by atoms with E-state index in [2.05, 4.69) is 16.0 Å². The monoisotopic (exact) mass is 371 g/mol. The van der Waals surface area contributed by atoms with Gasteiger partial charge in [0.25, 0.3) is 0 Å². The van der Waals surface area contributed by atoms with Gasteiger partial charge >= 0.3 is 0 Å². The van der Waals surface area contributed by atoms with E-state index < -0.39 is 0 Å². The van der Waals surface area contributed by atoms with Crippen LogP contribution in [0, 0.1) is 0 Å². The molecule has 0 saturated heterocycles. The fourth-order valence-electron chi connectivity index (χ4n) is 2.15. The Morgan fingerprint density at radius 1 is 0.923 bits per heavy atom. The summed E-state index contributed by atoms with van der Waals surface area (Å²) in [5, 5.41) is 8.56. The van der Waals surface area contributed by atoms with E-state index in [1.54, 1.807) is 50.4 Å². The van der Waals surface area contributed by atoms with Crippen molar-refractivity contribution in [2.45, 2.75) is 19.8 Å². The first-order valence-electron chi connectivity index (χ1n) is 8.14. The standard InChI is InChI=1S/C19H21N3O3S/c1-3-17(23)20-14-6-8-15(9-7-14)21-19(26)22-18(24)12-13-4-10-16(25-2)11-5-13/h4-11H,3,12H2,1-2H3,(H,20,23)(H2,21,22,24,26). The SMILES string of the molecule is CCC(=O)Nc1ccc(NC(=S)NC(=O)Cc2ccc(OC)cc2)cc1. The normalized spacial score (nSPS) is 9.92. The van der Waals surface area contributed by atoms with Crippen LogP contribution in [0.25, 0.3) is 0 Å². The molecule has 6 nitrogen and oxygen atoms in total. The molecule has 3 N–H and O–H groups in total. The van der Waals surface area contributed by atoms with Crippen molar-refractivity contribution in [1.29, 1.82) is 0 Å². The fourth-order valence-corrected chi connectivity index (χ4v) is 2.38. The van der Waals surface area contributed by atoms with Gasteiger partial charge in [0.1, 0.15) is 5.75 Å². The van der Waals surface area contributed by atoms with E-state index in [4.69, 9.17) is 17.0 Å². The number of nitrogens with one attached hydrogen (secondary N) is 3. The van der Waals surface area contributed by atoms with E-state index in [0.29, 0.717) is 17.8 Å². The molecular weight excluding hydrogens is 350 g/mol. The summed E-state index contributed by atoms with van der Waals surface area (Å²) >= 11 is 5.16. The van der Waals surface area contributed by atoms with Crippen LogP contribution in [0.3, 0.4) is 0 Å². The number of carbonyl (C=O) groups is 2. The van der Waals surface area contributed by atoms with Crippen molar-refractivity contribution in [1.82, 2.24) is 5.32 Å². The first-order valence-corrected chi connectivity index (χ1v) is 8.54. The van der Waals surface area contributed by atoms with Gasteiger partial charge in [-0.1, -0.05) is 19.1 Å². The summed E-state index contributed by atoms with van der Waals surface area (Å²) in [5.41, 5.74) is 2.29. The highest BCUT2D eigenvalue weighted by molar-refractivity contribution is 7.80. The summed E-state index contributed by atoms with van der Waals surface area (Å²) in [7, 11) is 1.59. The molecule has 2 aromatic rings. The minimum Gasteiger partial charge on any atom is -0.497 e. The molecule has 0 aliphatic rings. The summed E-state index contributed by atoms with van der Waals surface area (Å²) in [5.74, 6) is 0.483. The molecule has 0 unspecified atom stereocenters. The molecule has 0 bridgehead atoms. The second-order valence-electron chi connectivity index (χ2n) is 5.51. The van der Waals surface area contributed by atoms with Gasteiger partial charge in [-0.3, -0.25) is 9.59 Å². The Labute approximate surface area is 157 Å². The minimum atomic E-state index is -0.209. The maximum Gasteiger partial charge on any atom is 0.230 e. The molecule has 2 rings (SSSR count). The maximum absolute atomic E-state index is 12.1. The first kappa shape index (κ1) is 19.4. The largest absolute Gasteiger partial charge is 0.497 e. The van der Waals surface area contributed by atoms with Crippen molar-refractivity contribution >= 4 is 40.5 Å². The number of amides is 2. The van der Waals surface area contributed by atoms with Crippen LogP contribution in [0.15, 0.2) is 48.5 Å². The second-order valence-corrected chi connectivity index (χ2v) is 5.91. The zero-order valence-electron chi connectivity index (χ0n) is 14.7. The molecule has 0 saturated carbocycles. The lowest BCUT2D eigenvalue weighted by Gasteiger charge is -2.11. The van der Waals surface area contributed by atoms with Crippen LogP contribution in [-0.4, -0.2) is 24.0 Å². The number of anilines is 2. The minimum absolute atomic E-state index is 0.0491. The van der Waals surface area contributed by atoms with Gasteiger partial charge in [-0.25, -0.2) is 0 Å². The number of thiocarbonyl (C=S) groups is 1. The molecule has 0 aromatic heterocycles. The van der Waals surface area contributed by atoms with Crippen LogP contribution >= 0.6 is 12.2 Å². The molecule has 136 valence electrons. The highest BCUT2D eigenvalue weighted by atomic mass is 32.1. The molecular formula is C19H21N3O3S. The molecule has 0 spiro atoms. The lowest BCUT2D eigenvalue weighted by Crippen LogP contribution is -2.35. The highest BCUT2D eigenvalue weighted by Crippen LogP contribution is 2.14. The second kappa shape index (κ2) is 9.53. The third kappa shape index (κ3) is 6.18. The molecule has 2 amide bonds. The molecule has 2 aromatic carbocycles. The van der Waals surface area contributed by atoms with Crippen LogP contribution in [0.2, 0.25) is 0 Å². The summed E-state index contributed by atoms with van der Waals surface area (Å²) < 4.78 is 5.09. The van der Waals surface area contributed by atoms with Crippen molar-refractivity contribution in [3.8, 4) is 5.75 Å². The van der Waals surface area contributed by atoms with Gasteiger partial charge < -0.3 is 20.7 Å². The van der Waals surface area contributed by atoms with E-state index in [9.17, 15) is 9.59 Å². The van der Waals surface area contributed by atoms with E-state index in [0.717, 1.165) is 11.3 Å². The Kier molecular flexibility index (Phi) is 7.11. The zero-order valence-corrected chi connectivity index (χ0v) is 15.5. The van der Waals surface area contributed by atoms with Gasteiger partial charge in [0.15, 0.2) is 5.11 Å². The smallest absolute Gasteiger partial charge is 0.230 e. The van der Waals surface area contributed by atoms with Crippen molar-refractivity contribution in [2.24, 2.45) is 0 Å². The zero-order chi connectivity index (χ0) is 18.9. The van der Waals surface area contributed by atoms with Crippen molar-refractivity contribution in [3.63, 3.8) is 0 Å². The molecule has 0 fully saturated rings. The Balaban J connectivity index is 1.83. The quantitative estimate of drug-likeness (QED) is 0.680. The summed E-state index contributed by atoms with van der Waals surface area (Å²) in [6.07, 6.45) is 0.637. The predicted octanol–water partition coefficient (Wildman–Crippen LogP) is 3.10. The lowest BCUT2D eigenvalue weighted by molar-refractivity contribution is -0.119. The summed E-state index contributed by atoms with van der Waals surface area (Å²) in [6, 6.07) is 14.3. The molecule has 26 heavy (non-hydrogen) atoms. The van der Waals surface area contributed by atoms with Gasteiger partial charge in [-0.15, -0.1) is 0 Å². The van der Waals surface area contributed by atoms with Crippen LogP contribution in [0.5, 0.6) is 5.75 Å². The molecule has 0 aliphatic carbocycles. The number of carbonyl (C=O) groups excluding carboxylic acids is 2. The number of ether oxygens (including phenoxy) is 1. The predicted molar refractivity (Wildman–Crippen MR) is 106 cm³/mol. The van der Waals surface area contributed by atoms with Gasteiger partial charge in [0.2, 0.25) is 11.8 Å². The molecule has 0 aliphatic heterocycles. The van der Waals surface area contributed by atoms with Crippen molar-refractivity contribution < 1.29 is 14.3 Å². The van der Waals surface area contributed by atoms with Gasteiger partial charge in [0.05, 0.1) is 13.5 Å². The first-order chi connectivity index (χ1) is 12.5. The average Bonchev–Trinajstić information content (AvgIpc) is 2.63. The van der Waals surface area contributed by atoms with E-state index in [1.807, 2.05) is 12.1 Å². The number of benzene rings is 2. The number of hydrogen-bond acceptors (Lipinski definition) is 4. The highest BCUT2D eigenvalue weighted by Gasteiger charge is 2.07. The fraction of sp³-hybridized carbons (Fsp3) is 0.211. The van der Waals surface area contributed by atoms with Crippen molar-refractivity contribution in [2.75, 3.05) is 17.7 Å². The van der Waals surface area contributed by atoms with E-state index in [-0.39, 0.29) is 23.3 Å². The maximum atomic E-state index is 12.1. The third-order valence-corrected chi connectivity index (χ3v) is 3.73. The topological polar surface area (TPSA) is 79.5 Å². The van der Waals surface area contributed by atoms with Crippen LogP contribution in [0.4, 0.5) is 11.4 Å². The van der Waals surface area contributed by atoms with Gasteiger partial charge in [-0.2, -0.15) is 0 Å². The van der Waals surface area contributed by atoms with Gasteiger partial charge in [-0.05, 0) is 54.2 Å². The van der Waals surface area contributed by atoms with Crippen molar-refractivity contribution in [3.05, 3.63) is 54.1 Å². The number of methoxy groups -OCH3 is 1. The number of rotatable bonds is 6. The lowest BCUT2D eigenvalue weighted by atomic mass is 10.1. The Hall–Kier alpha value is -2.93.